The van der Waals surface area contributed by atoms with Crippen LogP contribution in [0.2, 0.25) is 5.02 Å². The van der Waals surface area contributed by atoms with E-state index in [1.807, 2.05) is 17.0 Å². The quantitative estimate of drug-likeness (QED) is 0.534. The third kappa shape index (κ3) is 4.62. The molecule has 1 spiro atoms. The van der Waals surface area contributed by atoms with Crippen molar-refractivity contribution in [3.05, 3.63) is 52.6 Å². The summed E-state index contributed by atoms with van der Waals surface area (Å²) in [6.45, 7) is 7.90. The molecular formula is C29H36ClN5O3. The molecule has 0 bridgehead atoms. The Kier molecular flexibility index (Phi) is 6.95. The lowest BCUT2D eigenvalue weighted by molar-refractivity contribution is -0.126. The van der Waals surface area contributed by atoms with Crippen LogP contribution in [0.15, 0.2) is 30.9 Å². The molecule has 0 radical (unpaired) electrons. The van der Waals surface area contributed by atoms with Gasteiger partial charge in [-0.05, 0) is 76.2 Å². The number of nitrogens with zero attached hydrogens (tertiary/aromatic N) is 5. The SMILES string of the molecule is C=CC(=O)N1CCN(c2nc(OC[C@@H]3CCCN3C)nc3c2CC[C@@]2(CCCc4cccc(Cl)c42)O3)CC1. The summed E-state index contributed by atoms with van der Waals surface area (Å²) in [4.78, 5) is 28.3. The van der Waals surface area contributed by atoms with Crippen molar-refractivity contribution in [2.24, 2.45) is 0 Å². The van der Waals surface area contributed by atoms with Crippen molar-refractivity contribution in [2.45, 2.75) is 56.6 Å². The molecule has 8 nitrogen and oxygen atoms in total. The molecular weight excluding hydrogens is 502 g/mol. The maximum atomic E-state index is 12.1. The van der Waals surface area contributed by atoms with E-state index in [0.717, 1.165) is 67.0 Å². The van der Waals surface area contributed by atoms with Crippen LogP contribution < -0.4 is 14.4 Å². The van der Waals surface area contributed by atoms with Gasteiger partial charge in [-0.25, -0.2) is 0 Å². The van der Waals surface area contributed by atoms with Gasteiger partial charge < -0.3 is 24.2 Å². The first kappa shape index (κ1) is 25.4. The minimum atomic E-state index is -0.484. The Hall–Kier alpha value is -2.84. The van der Waals surface area contributed by atoms with E-state index >= 15 is 0 Å². The molecule has 1 amide bonds. The molecule has 4 aliphatic rings. The number of carbonyl (C=O) groups excluding carboxylic acids is 1. The predicted octanol–water partition coefficient (Wildman–Crippen LogP) is 3.99. The first-order valence-electron chi connectivity index (χ1n) is 13.8. The lowest BCUT2D eigenvalue weighted by Crippen LogP contribution is -2.49. The number of hydrogen-bond donors (Lipinski definition) is 0. The molecule has 1 aromatic heterocycles. The van der Waals surface area contributed by atoms with Crippen LogP contribution in [0.1, 0.15) is 48.8 Å². The summed E-state index contributed by atoms with van der Waals surface area (Å²) in [5.74, 6) is 1.44. The standard InChI is InChI=1S/C29H36ClN5O3/c1-3-24(36)34-15-17-35(18-16-34)26-22-11-13-29(12-5-8-20-7-4-10-23(30)25(20)29)38-27(22)32-28(31-26)37-19-21-9-6-14-33(21)2/h3-4,7,10,21H,1,5-6,8-9,11-19H2,2H3/t21-,29+/m0/s1. The van der Waals surface area contributed by atoms with E-state index in [2.05, 4.69) is 29.5 Å². The fourth-order valence-corrected chi connectivity index (χ4v) is 6.95. The minimum absolute atomic E-state index is 0.0304. The number of benzene rings is 1. The fourth-order valence-electron chi connectivity index (χ4n) is 6.58. The highest BCUT2D eigenvalue weighted by Crippen LogP contribution is 2.50. The molecule has 9 heteroatoms. The molecule has 6 rings (SSSR count). The van der Waals surface area contributed by atoms with Gasteiger partial charge in [-0.2, -0.15) is 9.97 Å². The summed E-state index contributed by atoms with van der Waals surface area (Å²) in [5, 5.41) is 0.767. The molecule has 2 fully saturated rings. The van der Waals surface area contributed by atoms with Crippen LogP contribution in [-0.4, -0.2) is 78.1 Å². The van der Waals surface area contributed by atoms with Crippen molar-refractivity contribution >= 4 is 23.3 Å². The summed E-state index contributed by atoms with van der Waals surface area (Å²) in [6, 6.07) is 6.89. The van der Waals surface area contributed by atoms with Crippen molar-refractivity contribution < 1.29 is 14.3 Å². The van der Waals surface area contributed by atoms with Crippen LogP contribution >= 0.6 is 11.6 Å². The number of aromatic nitrogens is 2. The van der Waals surface area contributed by atoms with Crippen LogP contribution in [0.4, 0.5) is 5.82 Å². The van der Waals surface area contributed by atoms with E-state index in [1.165, 1.54) is 18.1 Å². The first-order valence-corrected chi connectivity index (χ1v) is 14.2. The predicted molar refractivity (Wildman–Crippen MR) is 147 cm³/mol. The van der Waals surface area contributed by atoms with E-state index in [9.17, 15) is 4.79 Å². The van der Waals surface area contributed by atoms with Gasteiger partial charge in [-0.3, -0.25) is 4.79 Å². The summed E-state index contributed by atoms with van der Waals surface area (Å²) < 4.78 is 13.1. The topological polar surface area (TPSA) is 71.0 Å². The number of fused-ring (bicyclic) bond motifs is 3. The number of likely N-dealkylation sites (N-methyl/N-ethyl adjacent to an activating group) is 1. The summed E-state index contributed by atoms with van der Waals surface area (Å²) in [7, 11) is 2.14. The van der Waals surface area contributed by atoms with Crippen LogP contribution in [0, 0.1) is 0 Å². The van der Waals surface area contributed by atoms with Gasteiger partial charge in [0.1, 0.15) is 18.0 Å². The highest BCUT2D eigenvalue weighted by Gasteiger charge is 2.45. The largest absolute Gasteiger partial charge is 0.466 e. The minimum Gasteiger partial charge on any atom is -0.466 e. The van der Waals surface area contributed by atoms with E-state index in [4.69, 9.17) is 31.0 Å². The Labute approximate surface area is 229 Å². The Morgan fingerprint density at radius 1 is 1.18 bits per heavy atom. The van der Waals surface area contributed by atoms with Gasteiger partial charge in [-0.1, -0.05) is 30.3 Å². The second-order valence-electron chi connectivity index (χ2n) is 10.9. The molecule has 2 aromatic rings. The van der Waals surface area contributed by atoms with Gasteiger partial charge in [-0.15, -0.1) is 0 Å². The van der Waals surface area contributed by atoms with Gasteiger partial charge in [0.05, 0.1) is 5.56 Å². The second-order valence-corrected chi connectivity index (χ2v) is 11.3. The monoisotopic (exact) mass is 537 g/mol. The molecule has 4 heterocycles. The Bertz CT molecular complexity index is 1230. The maximum absolute atomic E-state index is 12.1. The van der Waals surface area contributed by atoms with E-state index in [0.29, 0.717) is 50.7 Å². The Morgan fingerprint density at radius 2 is 2.03 bits per heavy atom. The number of rotatable bonds is 5. The van der Waals surface area contributed by atoms with Crippen molar-refractivity contribution in [1.29, 1.82) is 0 Å². The zero-order chi connectivity index (χ0) is 26.3. The highest BCUT2D eigenvalue weighted by molar-refractivity contribution is 6.31. The molecule has 1 aromatic carbocycles. The van der Waals surface area contributed by atoms with Gasteiger partial charge >= 0.3 is 6.01 Å². The average molecular weight is 538 g/mol. The number of ether oxygens (including phenoxy) is 2. The lowest BCUT2D eigenvalue weighted by Gasteiger charge is -2.43. The van der Waals surface area contributed by atoms with Gasteiger partial charge in [0.2, 0.25) is 11.8 Å². The summed E-state index contributed by atoms with van der Waals surface area (Å²) in [5.41, 5.74) is 2.92. The Morgan fingerprint density at radius 3 is 2.79 bits per heavy atom. The number of anilines is 1. The molecule has 0 N–H and O–H groups in total. The molecule has 0 unspecified atom stereocenters. The zero-order valence-electron chi connectivity index (χ0n) is 22.1. The number of piperazine rings is 1. The van der Waals surface area contributed by atoms with Crippen molar-refractivity contribution in [3.8, 4) is 11.9 Å². The van der Waals surface area contributed by atoms with Crippen LogP contribution in [0.5, 0.6) is 11.9 Å². The van der Waals surface area contributed by atoms with Crippen molar-refractivity contribution in [1.82, 2.24) is 19.8 Å². The van der Waals surface area contributed by atoms with Crippen molar-refractivity contribution in [2.75, 3.05) is 51.3 Å². The Balaban J connectivity index is 1.33. The number of amides is 1. The highest BCUT2D eigenvalue weighted by atomic mass is 35.5. The van der Waals surface area contributed by atoms with Crippen LogP contribution in [-0.2, 0) is 23.2 Å². The molecule has 2 atom stereocenters. The smallest absolute Gasteiger partial charge is 0.321 e. The number of halogens is 1. The van der Waals surface area contributed by atoms with Gasteiger partial charge in [0.15, 0.2) is 0 Å². The second kappa shape index (κ2) is 10.4. The fraction of sp³-hybridized carbons (Fsp3) is 0.552. The van der Waals surface area contributed by atoms with E-state index in [1.54, 1.807) is 0 Å². The third-order valence-electron chi connectivity index (χ3n) is 8.72. The molecule has 3 aliphatic heterocycles. The summed E-state index contributed by atoms with van der Waals surface area (Å²) in [6.07, 6.45) is 8.28. The third-order valence-corrected chi connectivity index (χ3v) is 9.04. The van der Waals surface area contributed by atoms with Gasteiger partial charge in [0, 0.05) is 42.8 Å². The lowest BCUT2D eigenvalue weighted by atomic mass is 9.75. The van der Waals surface area contributed by atoms with Gasteiger partial charge in [0.25, 0.3) is 0 Å². The van der Waals surface area contributed by atoms with Crippen molar-refractivity contribution in [3.63, 3.8) is 0 Å². The zero-order valence-corrected chi connectivity index (χ0v) is 22.9. The number of likely N-dealkylation sites (tertiary alicyclic amines) is 1. The first-order chi connectivity index (χ1) is 18.5. The van der Waals surface area contributed by atoms with Crippen LogP contribution in [0.25, 0.3) is 0 Å². The normalized spacial score (nSPS) is 25.1. The maximum Gasteiger partial charge on any atom is 0.321 e. The molecule has 2 saturated heterocycles. The number of hydrogen-bond acceptors (Lipinski definition) is 7. The molecule has 38 heavy (non-hydrogen) atoms. The van der Waals surface area contributed by atoms with Crippen LogP contribution in [0.3, 0.4) is 0 Å². The molecule has 1 aliphatic carbocycles. The average Bonchev–Trinajstić information content (AvgIpc) is 3.35. The molecule has 0 saturated carbocycles. The molecule has 202 valence electrons. The number of aryl methyl sites for hydroxylation is 1. The summed E-state index contributed by atoms with van der Waals surface area (Å²) >= 11 is 6.77. The number of carbonyl (C=O) groups is 1. The van der Waals surface area contributed by atoms with E-state index < -0.39 is 5.60 Å². The van der Waals surface area contributed by atoms with E-state index in [-0.39, 0.29) is 5.91 Å².